The summed E-state index contributed by atoms with van der Waals surface area (Å²) in [6, 6.07) is 82.4. The predicted octanol–water partition coefficient (Wildman–Crippen LogP) is 15.6. The molecule has 60 heavy (non-hydrogen) atoms. The van der Waals surface area contributed by atoms with Crippen molar-refractivity contribution in [3.05, 3.63) is 231 Å². The van der Waals surface area contributed by atoms with Gasteiger partial charge < -0.3 is 0 Å². The monoisotopic (exact) mass is 762 g/mol. The van der Waals surface area contributed by atoms with Crippen molar-refractivity contribution in [1.29, 1.82) is 0 Å². The Bertz CT molecular complexity index is 3230. The van der Waals surface area contributed by atoms with Crippen molar-refractivity contribution in [1.82, 2.24) is 9.97 Å². The second kappa shape index (κ2) is 15.1. The van der Waals surface area contributed by atoms with Crippen LogP contribution >= 0.6 is 0 Å². The van der Waals surface area contributed by atoms with Gasteiger partial charge in [0, 0.05) is 16.7 Å². The van der Waals surface area contributed by atoms with Gasteiger partial charge in [-0.3, -0.25) is 0 Å². The van der Waals surface area contributed by atoms with E-state index in [2.05, 4.69) is 224 Å². The second-order valence-corrected chi connectivity index (χ2v) is 15.4. The highest BCUT2D eigenvalue weighted by atomic mass is 14.9. The van der Waals surface area contributed by atoms with E-state index in [4.69, 9.17) is 9.97 Å². The average Bonchev–Trinajstić information content (AvgIpc) is 3.34. The summed E-state index contributed by atoms with van der Waals surface area (Å²) in [5.41, 5.74) is 14.1. The number of nitrogens with zero attached hydrogens (tertiary/aromatic N) is 2. The maximum Gasteiger partial charge on any atom is 0.160 e. The molecule has 0 N–H and O–H groups in total. The molecule has 10 aromatic carbocycles. The Morgan fingerprint density at radius 1 is 0.183 bits per heavy atom. The summed E-state index contributed by atoms with van der Waals surface area (Å²) in [6.07, 6.45) is 0. The fraction of sp³-hybridized carbons (Fsp3) is 0. The molecule has 0 fully saturated rings. The standard InChI is InChI=1S/C58H38N2/c1-3-15-39(16-4-1)41-19-12-24-47(34-41)56-38-57(60-58(59-56)49-26-14-20-42(36-49)40-17-5-2-6-18-40)48-25-13-23-45(35-48)43-21-11-22-44(33-43)46-31-32-54-52-29-8-7-27-50(52)51-28-9-10-30-53(51)55(54)37-46/h1-38H. The van der Waals surface area contributed by atoms with Crippen molar-refractivity contribution in [3.63, 3.8) is 0 Å². The number of benzene rings is 10. The minimum Gasteiger partial charge on any atom is -0.228 e. The van der Waals surface area contributed by atoms with E-state index in [0.29, 0.717) is 5.82 Å². The van der Waals surface area contributed by atoms with Crippen LogP contribution in [0.1, 0.15) is 0 Å². The summed E-state index contributed by atoms with van der Waals surface area (Å²) >= 11 is 0. The molecule has 0 saturated heterocycles. The summed E-state index contributed by atoms with van der Waals surface area (Å²) in [4.78, 5) is 10.5. The lowest BCUT2D eigenvalue weighted by atomic mass is 9.91. The van der Waals surface area contributed by atoms with Gasteiger partial charge in [-0.05, 0) is 113 Å². The minimum absolute atomic E-state index is 0.689. The van der Waals surface area contributed by atoms with Gasteiger partial charge in [0.15, 0.2) is 5.82 Å². The highest BCUT2D eigenvalue weighted by molar-refractivity contribution is 6.25. The molecule has 0 atom stereocenters. The molecule has 2 heteroatoms. The Kier molecular flexibility index (Phi) is 8.87. The van der Waals surface area contributed by atoms with Crippen LogP contribution in [0.25, 0.3) is 111 Å². The molecule has 0 radical (unpaired) electrons. The molecule has 2 nitrogen and oxygen atoms in total. The van der Waals surface area contributed by atoms with E-state index in [0.717, 1.165) is 55.9 Å². The fourth-order valence-corrected chi connectivity index (χ4v) is 8.65. The lowest BCUT2D eigenvalue weighted by molar-refractivity contribution is 1.18. The summed E-state index contributed by atoms with van der Waals surface area (Å²) in [5, 5.41) is 7.69. The van der Waals surface area contributed by atoms with E-state index in [9.17, 15) is 0 Å². The number of hydrogen-bond donors (Lipinski definition) is 0. The van der Waals surface area contributed by atoms with E-state index in [-0.39, 0.29) is 0 Å². The van der Waals surface area contributed by atoms with Crippen LogP contribution in [0.2, 0.25) is 0 Å². The van der Waals surface area contributed by atoms with Gasteiger partial charge in [0.05, 0.1) is 11.4 Å². The van der Waals surface area contributed by atoms with Crippen LogP contribution in [-0.4, -0.2) is 9.97 Å². The first-order valence-corrected chi connectivity index (χ1v) is 20.5. The summed E-state index contributed by atoms with van der Waals surface area (Å²) < 4.78 is 0. The van der Waals surface area contributed by atoms with E-state index in [1.165, 1.54) is 49.0 Å². The van der Waals surface area contributed by atoms with E-state index in [1.54, 1.807) is 0 Å². The van der Waals surface area contributed by atoms with Crippen LogP contribution in [0.4, 0.5) is 0 Å². The van der Waals surface area contributed by atoms with Crippen LogP contribution in [0, 0.1) is 0 Å². The quantitative estimate of drug-likeness (QED) is 0.151. The Morgan fingerprint density at radius 3 is 0.983 bits per heavy atom. The van der Waals surface area contributed by atoms with E-state index >= 15 is 0 Å². The zero-order chi connectivity index (χ0) is 39.8. The van der Waals surface area contributed by atoms with Crippen molar-refractivity contribution in [2.45, 2.75) is 0 Å². The van der Waals surface area contributed by atoms with Crippen LogP contribution < -0.4 is 0 Å². The molecule has 0 amide bonds. The van der Waals surface area contributed by atoms with Gasteiger partial charge >= 0.3 is 0 Å². The Morgan fingerprint density at radius 2 is 0.500 bits per heavy atom. The largest absolute Gasteiger partial charge is 0.228 e. The average molecular weight is 763 g/mol. The number of fused-ring (bicyclic) bond motifs is 6. The molecular weight excluding hydrogens is 725 g/mol. The lowest BCUT2D eigenvalue weighted by Crippen LogP contribution is -1.96. The molecule has 280 valence electrons. The van der Waals surface area contributed by atoms with Crippen LogP contribution in [0.3, 0.4) is 0 Å². The first-order valence-electron chi connectivity index (χ1n) is 20.5. The third-order valence-corrected chi connectivity index (χ3v) is 11.7. The first kappa shape index (κ1) is 35.2. The van der Waals surface area contributed by atoms with Crippen molar-refractivity contribution in [3.8, 4) is 78.4 Å². The molecule has 0 aliphatic rings. The topological polar surface area (TPSA) is 25.8 Å². The van der Waals surface area contributed by atoms with Crippen LogP contribution in [0.5, 0.6) is 0 Å². The fourth-order valence-electron chi connectivity index (χ4n) is 8.65. The minimum atomic E-state index is 0.689. The van der Waals surface area contributed by atoms with Gasteiger partial charge in [-0.2, -0.15) is 0 Å². The second-order valence-electron chi connectivity index (χ2n) is 15.4. The summed E-state index contributed by atoms with van der Waals surface area (Å²) in [7, 11) is 0. The first-order chi connectivity index (χ1) is 29.7. The maximum atomic E-state index is 5.28. The van der Waals surface area contributed by atoms with Crippen LogP contribution in [-0.2, 0) is 0 Å². The van der Waals surface area contributed by atoms with Crippen molar-refractivity contribution >= 4 is 32.3 Å². The highest BCUT2D eigenvalue weighted by Crippen LogP contribution is 2.38. The SMILES string of the molecule is c1ccc(-c2cccc(-c3cc(-c4cccc(-c5cccc(-c6ccc7c8ccccc8c8ccccc8c7c6)c5)c4)nc(-c4cccc(-c5ccccc5)c4)n3)c2)cc1. The van der Waals surface area contributed by atoms with Gasteiger partial charge in [-0.1, -0.05) is 194 Å². The number of hydrogen-bond acceptors (Lipinski definition) is 2. The van der Waals surface area contributed by atoms with Crippen molar-refractivity contribution < 1.29 is 0 Å². The van der Waals surface area contributed by atoms with Gasteiger partial charge in [-0.15, -0.1) is 0 Å². The van der Waals surface area contributed by atoms with E-state index < -0.39 is 0 Å². The molecule has 0 aliphatic carbocycles. The zero-order valence-electron chi connectivity index (χ0n) is 32.8. The molecule has 0 aliphatic heterocycles. The number of rotatable bonds is 7. The predicted molar refractivity (Wildman–Crippen MR) is 253 cm³/mol. The van der Waals surface area contributed by atoms with Crippen molar-refractivity contribution in [2.75, 3.05) is 0 Å². The molecule has 11 aromatic rings. The molecule has 11 rings (SSSR count). The van der Waals surface area contributed by atoms with Crippen molar-refractivity contribution in [2.24, 2.45) is 0 Å². The molecule has 0 bridgehead atoms. The lowest BCUT2D eigenvalue weighted by Gasteiger charge is -2.13. The van der Waals surface area contributed by atoms with Crippen LogP contribution in [0.15, 0.2) is 231 Å². The zero-order valence-corrected chi connectivity index (χ0v) is 32.8. The molecule has 1 aromatic heterocycles. The molecule has 1 heterocycles. The third kappa shape index (κ3) is 6.61. The Hall–Kier alpha value is -7.94. The maximum absolute atomic E-state index is 5.28. The molecule has 0 spiro atoms. The third-order valence-electron chi connectivity index (χ3n) is 11.7. The molecule has 0 unspecified atom stereocenters. The molecular formula is C58H38N2. The number of aromatic nitrogens is 2. The summed E-state index contributed by atoms with van der Waals surface area (Å²) in [6.45, 7) is 0. The van der Waals surface area contributed by atoms with Gasteiger partial charge in [0.25, 0.3) is 0 Å². The highest BCUT2D eigenvalue weighted by Gasteiger charge is 2.15. The Balaban J connectivity index is 1.01. The normalized spacial score (nSPS) is 11.3. The Labute approximate surface area is 349 Å². The summed E-state index contributed by atoms with van der Waals surface area (Å²) in [5.74, 6) is 0.689. The molecule has 0 saturated carbocycles. The van der Waals surface area contributed by atoms with Gasteiger partial charge in [0.1, 0.15) is 0 Å². The van der Waals surface area contributed by atoms with Gasteiger partial charge in [-0.25, -0.2) is 9.97 Å². The van der Waals surface area contributed by atoms with E-state index in [1.807, 2.05) is 6.07 Å². The van der Waals surface area contributed by atoms with Gasteiger partial charge in [0.2, 0.25) is 0 Å². The smallest absolute Gasteiger partial charge is 0.160 e.